The van der Waals surface area contributed by atoms with E-state index in [1.54, 1.807) is 0 Å². The molecule has 0 aliphatic carbocycles. The zero-order valence-electron chi connectivity index (χ0n) is 61.5. The van der Waals surface area contributed by atoms with E-state index in [2.05, 4.69) is 116 Å². The fraction of sp³-hybridized carbons (Fsp3) is 0.800. The molecule has 0 aromatic carbocycles. The van der Waals surface area contributed by atoms with E-state index in [1.165, 1.54) is 263 Å². The molecule has 1 aliphatic heterocycles. The van der Waals surface area contributed by atoms with Crippen LogP contribution in [-0.4, -0.2) is 87.5 Å². The van der Waals surface area contributed by atoms with E-state index in [1.807, 2.05) is 0 Å². The Morgan fingerprint density at radius 1 is 0.372 bits per heavy atom. The summed E-state index contributed by atoms with van der Waals surface area (Å²) in [4.78, 5) is 13.2. The van der Waals surface area contributed by atoms with Crippen LogP contribution in [0.25, 0.3) is 0 Å². The lowest BCUT2D eigenvalue weighted by Crippen LogP contribution is -2.60. The van der Waals surface area contributed by atoms with Gasteiger partial charge in [-0.05, 0) is 77.0 Å². The van der Waals surface area contributed by atoms with Crippen molar-refractivity contribution in [2.75, 3.05) is 13.2 Å². The highest BCUT2D eigenvalue weighted by molar-refractivity contribution is 5.76. The molecule has 0 aromatic rings. The van der Waals surface area contributed by atoms with Crippen molar-refractivity contribution in [1.82, 2.24) is 5.32 Å². The summed E-state index contributed by atoms with van der Waals surface area (Å²) in [5, 5.41) is 55.1. The summed E-state index contributed by atoms with van der Waals surface area (Å²) in [7, 11) is 0. The van der Waals surface area contributed by atoms with Crippen LogP contribution < -0.4 is 5.32 Å². The van der Waals surface area contributed by atoms with Crippen LogP contribution >= 0.6 is 0 Å². The van der Waals surface area contributed by atoms with E-state index in [9.17, 15) is 30.3 Å². The van der Waals surface area contributed by atoms with Gasteiger partial charge in [-0.15, -0.1) is 0 Å². The fourth-order valence-electron chi connectivity index (χ4n) is 12.7. The molecule has 546 valence electrons. The van der Waals surface area contributed by atoms with E-state index in [-0.39, 0.29) is 12.5 Å². The second-order valence-corrected chi connectivity index (χ2v) is 27.8. The van der Waals surface area contributed by atoms with Crippen LogP contribution in [0.5, 0.6) is 0 Å². The van der Waals surface area contributed by atoms with E-state index in [0.29, 0.717) is 12.8 Å². The van der Waals surface area contributed by atoms with Gasteiger partial charge in [-0.1, -0.05) is 394 Å². The molecular formula is C85H153NO8. The van der Waals surface area contributed by atoms with Gasteiger partial charge in [-0.25, -0.2) is 0 Å². The molecule has 0 bridgehead atoms. The average Bonchev–Trinajstić information content (AvgIpc) is 0.829. The first-order valence-electron chi connectivity index (χ1n) is 40.4. The van der Waals surface area contributed by atoms with Crippen molar-refractivity contribution >= 4 is 5.91 Å². The Hall–Kier alpha value is -2.89. The third-order valence-electron chi connectivity index (χ3n) is 19.0. The number of hydrogen-bond acceptors (Lipinski definition) is 8. The Bertz CT molecular complexity index is 1820. The molecular weight excluding hydrogens is 1160 g/mol. The molecule has 1 saturated heterocycles. The number of aliphatic hydroxyl groups excluding tert-OH is 5. The Labute approximate surface area is 581 Å². The first-order valence-corrected chi connectivity index (χ1v) is 40.4. The third-order valence-corrected chi connectivity index (χ3v) is 19.0. The maximum Gasteiger partial charge on any atom is 0.220 e. The van der Waals surface area contributed by atoms with Crippen molar-refractivity contribution in [2.45, 2.75) is 423 Å². The molecule has 0 radical (unpaired) electrons. The largest absolute Gasteiger partial charge is 0.394 e. The van der Waals surface area contributed by atoms with Crippen molar-refractivity contribution in [3.8, 4) is 0 Å². The first-order chi connectivity index (χ1) is 46.3. The van der Waals surface area contributed by atoms with E-state index >= 15 is 0 Å². The number of rotatable bonds is 71. The molecule has 7 unspecified atom stereocenters. The van der Waals surface area contributed by atoms with Crippen LogP contribution in [0, 0.1) is 0 Å². The highest BCUT2D eigenvalue weighted by Gasteiger charge is 2.44. The minimum absolute atomic E-state index is 0.139. The third kappa shape index (κ3) is 60.3. The molecule has 0 saturated carbocycles. The maximum absolute atomic E-state index is 13.2. The number of carbonyl (C=O) groups is 1. The summed E-state index contributed by atoms with van der Waals surface area (Å²) >= 11 is 0. The van der Waals surface area contributed by atoms with Gasteiger partial charge in [0, 0.05) is 6.42 Å². The maximum atomic E-state index is 13.2. The van der Waals surface area contributed by atoms with Crippen LogP contribution in [-0.2, 0) is 14.3 Å². The number of ether oxygens (including phenoxy) is 2. The number of aliphatic hydroxyl groups is 5. The van der Waals surface area contributed by atoms with Gasteiger partial charge in [0.25, 0.3) is 0 Å². The number of nitrogens with one attached hydrogen (secondary N) is 1. The predicted molar refractivity (Wildman–Crippen MR) is 405 cm³/mol. The van der Waals surface area contributed by atoms with Gasteiger partial charge < -0.3 is 40.3 Å². The minimum atomic E-state index is -1.56. The van der Waals surface area contributed by atoms with Crippen molar-refractivity contribution in [3.05, 3.63) is 97.2 Å². The SMILES string of the molecule is CC/C=C\C/C=C\C/C=C\C/C=C\C/C=C\C/C=C\C/C=C\C/C=C\CCCCCCCCCCCCCCCCC(=O)NC(COC1OC(CO)C(O)C(O)C1O)C(O)CCCCCCCCCCCCCCCCCCCCCCCCCCCCCCCCCC. The standard InChI is InChI=1S/C85H153NO8/c1-3-5-7-9-11-13-15-17-19-21-23-25-27-29-31-33-35-37-38-39-40-41-42-43-45-47-49-51-53-55-57-59-61-63-65-67-69-71-73-75-81(89)86-78(77-93-85-84(92)83(91)82(90)80(76-87)94-85)79(88)74-72-70-68-66-64-62-60-58-56-54-52-50-48-46-44-36-34-32-30-28-26-24-22-20-18-16-14-12-10-8-6-4-2/h5,7,11,13,17,19,23,25,29,31,35,37,39-40,42-43,78-80,82-85,87-88,90-92H,3-4,6,8-10,12,14-16,18,20-22,24,26-28,30,32-34,36,38,41,44-77H2,1-2H3,(H,86,89)/b7-5-,13-11-,19-17-,25-23-,31-29-,37-35-,40-39-,43-42-. The van der Waals surface area contributed by atoms with Gasteiger partial charge in [0.05, 0.1) is 25.4 Å². The van der Waals surface area contributed by atoms with Crippen LogP contribution in [0.3, 0.4) is 0 Å². The monoisotopic (exact) mass is 1320 g/mol. The zero-order chi connectivity index (χ0) is 67.8. The van der Waals surface area contributed by atoms with Gasteiger partial charge in [-0.3, -0.25) is 4.79 Å². The molecule has 1 aliphatic rings. The minimum Gasteiger partial charge on any atom is -0.394 e. The van der Waals surface area contributed by atoms with Crippen molar-refractivity contribution < 1.29 is 39.8 Å². The van der Waals surface area contributed by atoms with E-state index < -0.39 is 49.5 Å². The number of hydrogen-bond donors (Lipinski definition) is 6. The van der Waals surface area contributed by atoms with Crippen molar-refractivity contribution in [3.63, 3.8) is 0 Å². The molecule has 1 fully saturated rings. The molecule has 0 spiro atoms. The fourth-order valence-corrected chi connectivity index (χ4v) is 12.7. The molecule has 1 rings (SSSR count). The van der Waals surface area contributed by atoms with Crippen molar-refractivity contribution in [1.29, 1.82) is 0 Å². The molecule has 6 N–H and O–H groups in total. The van der Waals surface area contributed by atoms with E-state index in [0.717, 1.165) is 89.9 Å². The Kier molecular flexibility index (Phi) is 69.1. The van der Waals surface area contributed by atoms with Gasteiger partial charge in [0.2, 0.25) is 5.91 Å². The summed E-state index contributed by atoms with van der Waals surface area (Å²) < 4.78 is 11.4. The average molecular weight is 1320 g/mol. The Morgan fingerprint density at radius 2 is 0.660 bits per heavy atom. The lowest BCUT2D eigenvalue weighted by Gasteiger charge is -2.40. The molecule has 94 heavy (non-hydrogen) atoms. The number of allylic oxidation sites excluding steroid dienone is 16. The lowest BCUT2D eigenvalue weighted by atomic mass is 9.99. The second kappa shape index (κ2) is 72.8. The topological polar surface area (TPSA) is 149 Å². The van der Waals surface area contributed by atoms with Crippen LogP contribution in [0.4, 0.5) is 0 Å². The molecule has 0 aromatic heterocycles. The van der Waals surface area contributed by atoms with Crippen LogP contribution in [0.15, 0.2) is 97.2 Å². The number of amides is 1. The van der Waals surface area contributed by atoms with Crippen LogP contribution in [0.2, 0.25) is 0 Å². The quantitative estimate of drug-likeness (QED) is 0.0261. The molecule has 9 heteroatoms. The summed E-state index contributed by atoms with van der Waals surface area (Å²) in [6.45, 7) is 3.77. The number of unbranched alkanes of at least 4 members (excludes halogenated alkanes) is 45. The van der Waals surface area contributed by atoms with Gasteiger partial charge in [0.15, 0.2) is 6.29 Å². The highest BCUT2D eigenvalue weighted by atomic mass is 16.7. The van der Waals surface area contributed by atoms with Gasteiger partial charge >= 0.3 is 0 Å². The summed E-state index contributed by atoms with van der Waals surface area (Å²) in [5.74, 6) is -0.142. The Morgan fingerprint density at radius 3 is 0.979 bits per heavy atom. The summed E-state index contributed by atoms with van der Waals surface area (Å²) in [6.07, 6.45) is 99.4. The normalized spacial score (nSPS) is 18.1. The van der Waals surface area contributed by atoms with Gasteiger partial charge in [-0.2, -0.15) is 0 Å². The lowest BCUT2D eigenvalue weighted by molar-refractivity contribution is -0.302. The molecule has 1 amide bonds. The van der Waals surface area contributed by atoms with Gasteiger partial charge in [0.1, 0.15) is 24.4 Å². The highest BCUT2D eigenvalue weighted by Crippen LogP contribution is 2.24. The smallest absolute Gasteiger partial charge is 0.220 e. The Balaban J connectivity index is 2.07. The zero-order valence-corrected chi connectivity index (χ0v) is 61.5. The summed E-state index contributed by atoms with van der Waals surface area (Å²) in [6, 6.07) is -0.726. The number of carbonyl (C=O) groups excluding carboxylic acids is 1. The summed E-state index contributed by atoms with van der Waals surface area (Å²) in [5.41, 5.74) is 0. The second-order valence-electron chi connectivity index (χ2n) is 27.8. The molecule has 1 heterocycles. The first kappa shape index (κ1) is 89.1. The molecule has 9 nitrogen and oxygen atoms in total. The van der Waals surface area contributed by atoms with Crippen LogP contribution in [0.1, 0.15) is 380 Å². The molecule has 7 atom stereocenters. The predicted octanol–water partition coefficient (Wildman–Crippen LogP) is 23.4. The van der Waals surface area contributed by atoms with E-state index in [4.69, 9.17) is 9.47 Å². The van der Waals surface area contributed by atoms with Crippen molar-refractivity contribution in [2.24, 2.45) is 0 Å².